The minimum absolute atomic E-state index is 0.271. The molecule has 0 N–H and O–H groups in total. The summed E-state index contributed by atoms with van der Waals surface area (Å²) in [5.74, 6) is -0.468. The van der Waals surface area contributed by atoms with Crippen LogP contribution in [0, 0.1) is 11.3 Å². The topological polar surface area (TPSA) is 80.3 Å². The van der Waals surface area contributed by atoms with Crippen molar-refractivity contribution in [2.24, 2.45) is 0 Å². The van der Waals surface area contributed by atoms with E-state index < -0.39 is 5.97 Å². The molecule has 2 heterocycles. The standard InChI is InChI=1S/C16H12N4O2/c1-2-22-16(21)13-10-18-15-12(8-17)9-19-20(15)14(13)11-6-4-3-5-7-11/h3-7,9-10H,2H2,1H3. The summed E-state index contributed by atoms with van der Waals surface area (Å²) < 4.78 is 6.59. The van der Waals surface area contributed by atoms with Gasteiger partial charge in [-0.2, -0.15) is 10.4 Å². The number of benzene rings is 1. The molecule has 0 bridgehead atoms. The molecule has 0 unspecified atom stereocenters. The van der Waals surface area contributed by atoms with Gasteiger partial charge in [0.25, 0.3) is 0 Å². The van der Waals surface area contributed by atoms with Crippen molar-refractivity contribution in [3.63, 3.8) is 0 Å². The number of fused-ring (bicyclic) bond motifs is 1. The average molecular weight is 292 g/mol. The maximum absolute atomic E-state index is 12.2. The van der Waals surface area contributed by atoms with Crippen LogP contribution in [-0.4, -0.2) is 27.2 Å². The number of esters is 1. The van der Waals surface area contributed by atoms with Crippen LogP contribution in [0.1, 0.15) is 22.8 Å². The van der Waals surface area contributed by atoms with Gasteiger partial charge >= 0.3 is 5.97 Å². The summed E-state index contributed by atoms with van der Waals surface area (Å²) in [7, 11) is 0. The van der Waals surface area contributed by atoms with Crippen LogP contribution in [0.15, 0.2) is 42.7 Å². The molecule has 1 aromatic carbocycles. The fraction of sp³-hybridized carbons (Fsp3) is 0.125. The van der Waals surface area contributed by atoms with Gasteiger partial charge in [-0.05, 0) is 6.92 Å². The van der Waals surface area contributed by atoms with E-state index >= 15 is 0 Å². The third-order valence-corrected chi connectivity index (χ3v) is 3.19. The first kappa shape index (κ1) is 13.8. The summed E-state index contributed by atoms with van der Waals surface area (Å²) in [5, 5.41) is 13.3. The minimum atomic E-state index is -0.468. The summed E-state index contributed by atoms with van der Waals surface area (Å²) in [6.07, 6.45) is 2.86. The number of hydrogen-bond donors (Lipinski definition) is 0. The second-order valence-corrected chi connectivity index (χ2v) is 4.51. The van der Waals surface area contributed by atoms with Crippen LogP contribution < -0.4 is 0 Å². The van der Waals surface area contributed by atoms with Crippen molar-refractivity contribution in [3.8, 4) is 17.3 Å². The molecule has 0 amide bonds. The Hall–Kier alpha value is -3.20. The summed E-state index contributed by atoms with van der Waals surface area (Å²) in [4.78, 5) is 16.4. The van der Waals surface area contributed by atoms with Gasteiger partial charge in [0.15, 0.2) is 5.65 Å². The molecule has 0 fully saturated rings. The van der Waals surface area contributed by atoms with Crippen LogP contribution in [0.2, 0.25) is 0 Å². The first-order valence-electron chi connectivity index (χ1n) is 6.75. The highest BCUT2D eigenvalue weighted by Gasteiger charge is 2.20. The predicted molar refractivity (Wildman–Crippen MR) is 79.1 cm³/mol. The fourth-order valence-electron chi connectivity index (χ4n) is 2.24. The molecule has 2 aromatic heterocycles. The zero-order valence-corrected chi connectivity index (χ0v) is 11.9. The van der Waals surface area contributed by atoms with Crippen LogP contribution in [0.3, 0.4) is 0 Å². The molecule has 6 heteroatoms. The van der Waals surface area contributed by atoms with Gasteiger partial charge in [-0.25, -0.2) is 14.3 Å². The summed E-state index contributed by atoms with van der Waals surface area (Å²) in [6.45, 7) is 2.02. The number of ether oxygens (including phenoxy) is 1. The Bertz CT molecular complexity index is 878. The quantitative estimate of drug-likeness (QED) is 0.693. The number of carbonyl (C=O) groups is 1. The molecule has 3 rings (SSSR count). The third kappa shape index (κ3) is 2.19. The second-order valence-electron chi connectivity index (χ2n) is 4.51. The Kier molecular flexibility index (Phi) is 3.54. The first-order valence-corrected chi connectivity index (χ1v) is 6.75. The monoisotopic (exact) mass is 292 g/mol. The molecule has 0 aliphatic heterocycles. The van der Waals surface area contributed by atoms with Crippen molar-refractivity contribution in [1.82, 2.24) is 14.6 Å². The highest BCUT2D eigenvalue weighted by Crippen LogP contribution is 2.25. The second kappa shape index (κ2) is 5.66. The smallest absolute Gasteiger partial charge is 0.341 e. The lowest BCUT2D eigenvalue weighted by molar-refractivity contribution is 0.0526. The van der Waals surface area contributed by atoms with E-state index in [-0.39, 0.29) is 6.61 Å². The molecule has 0 saturated heterocycles. The molecule has 108 valence electrons. The van der Waals surface area contributed by atoms with E-state index in [9.17, 15) is 4.79 Å². The molecule has 0 atom stereocenters. The number of hydrogen-bond acceptors (Lipinski definition) is 5. The normalized spacial score (nSPS) is 10.4. The Balaban J connectivity index is 2.32. The van der Waals surface area contributed by atoms with E-state index in [2.05, 4.69) is 10.1 Å². The van der Waals surface area contributed by atoms with Crippen LogP contribution in [0.25, 0.3) is 16.9 Å². The first-order chi connectivity index (χ1) is 10.8. The summed E-state index contributed by atoms with van der Waals surface area (Å²) in [6, 6.07) is 11.4. The van der Waals surface area contributed by atoms with E-state index in [0.717, 1.165) is 5.56 Å². The predicted octanol–water partition coefficient (Wildman–Crippen LogP) is 2.44. The van der Waals surface area contributed by atoms with E-state index in [0.29, 0.717) is 22.5 Å². The van der Waals surface area contributed by atoms with Crippen molar-refractivity contribution in [2.75, 3.05) is 6.61 Å². The van der Waals surface area contributed by atoms with E-state index in [1.165, 1.54) is 16.9 Å². The van der Waals surface area contributed by atoms with Crippen LogP contribution in [0.5, 0.6) is 0 Å². The molecular formula is C16H12N4O2. The molecule has 0 aliphatic rings. The van der Waals surface area contributed by atoms with Gasteiger partial charge in [0.05, 0.1) is 18.5 Å². The highest BCUT2D eigenvalue weighted by atomic mass is 16.5. The van der Waals surface area contributed by atoms with Gasteiger partial charge in [-0.1, -0.05) is 30.3 Å². The molecule has 22 heavy (non-hydrogen) atoms. The third-order valence-electron chi connectivity index (χ3n) is 3.19. The minimum Gasteiger partial charge on any atom is -0.462 e. The number of nitriles is 1. The molecular weight excluding hydrogens is 280 g/mol. The highest BCUT2D eigenvalue weighted by molar-refractivity contribution is 5.96. The maximum Gasteiger partial charge on any atom is 0.341 e. The Morgan fingerprint density at radius 2 is 2.09 bits per heavy atom. The molecule has 6 nitrogen and oxygen atoms in total. The van der Waals surface area contributed by atoms with Crippen molar-refractivity contribution in [1.29, 1.82) is 5.26 Å². The van der Waals surface area contributed by atoms with Gasteiger partial charge in [-0.15, -0.1) is 0 Å². The molecule has 0 spiro atoms. The van der Waals surface area contributed by atoms with Crippen LogP contribution >= 0.6 is 0 Å². The Morgan fingerprint density at radius 3 is 2.77 bits per heavy atom. The Labute approximate surface area is 126 Å². The lowest BCUT2D eigenvalue weighted by Gasteiger charge is -2.10. The number of nitrogens with zero attached hydrogens (tertiary/aromatic N) is 4. The van der Waals surface area contributed by atoms with Crippen LogP contribution in [0.4, 0.5) is 0 Å². The zero-order chi connectivity index (χ0) is 15.5. The molecule has 0 saturated carbocycles. The molecule has 0 radical (unpaired) electrons. The van der Waals surface area contributed by atoms with Gasteiger partial charge in [0, 0.05) is 11.8 Å². The van der Waals surface area contributed by atoms with Crippen LogP contribution in [-0.2, 0) is 4.74 Å². The summed E-state index contributed by atoms with van der Waals surface area (Å²) >= 11 is 0. The largest absolute Gasteiger partial charge is 0.462 e. The summed E-state index contributed by atoms with van der Waals surface area (Å²) in [5.41, 5.74) is 2.44. The van der Waals surface area contributed by atoms with Crippen molar-refractivity contribution in [2.45, 2.75) is 6.92 Å². The number of aromatic nitrogens is 3. The Morgan fingerprint density at radius 1 is 1.32 bits per heavy atom. The van der Waals surface area contributed by atoms with Crippen molar-refractivity contribution < 1.29 is 9.53 Å². The number of rotatable bonds is 3. The van der Waals surface area contributed by atoms with E-state index in [1.54, 1.807) is 6.92 Å². The SMILES string of the molecule is CCOC(=O)c1cnc2c(C#N)cnn2c1-c1ccccc1. The van der Waals surface area contributed by atoms with Gasteiger partial charge < -0.3 is 4.74 Å². The maximum atomic E-state index is 12.2. The van der Waals surface area contributed by atoms with E-state index in [4.69, 9.17) is 10.00 Å². The lowest BCUT2D eigenvalue weighted by atomic mass is 10.1. The fourth-order valence-corrected chi connectivity index (χ4v) is 2.24. The molecule has 0 aliphatic carbocycles. The van der Waals surface area contributed by atoms with Gasteiger partial charge in [0.1, 0.15) is 17.2 Å². The van der Waals surface area contributed by atoms with Crippen molar-refractivity contribution >= 4 is 11.6 Å². The average Bonchev–Trinajstić information content (AvgIpc) is 2.98. The lowest BCUT2D eigenvalue weighted by Crippen LogP contribution is -2.11. The zero-order valence-electron chi connectivity index (χ0n) is 11.9. The number of carbonyl (C=O) groups excluding carboxylic acids is 1. The molecule has 3 aromatic rings. The van der Waals surface area contributed by atoms with E-state index in [1.807, 2.05) is 36.4 Å². The van der Waals surface area contributed by atoms with Crippen molar-refractivity contribution in [3.05, 3.63) is 53.9 Å². The van der Waals surface area contributed by atoms with Gasteiger partial charge in [-0.3, -0.25) is 0 Å². The van der Waals surface area contributed by atoms with Gasteiger partial charge in [0.2, 0.25) is 0 Å².